The first-order chi connectivity index (χ1) is 10.8. The standard InChI is InChI=1S/C12H14BrN5O5/c1-16-9-8(10(21)17(2)12(16)22)15-11(13)18(9)5-6(19)14-4-7(20)23-3/h4-5H2,1-3H3,(H,14,19). The molecule has 0 fully saturated rings. The van der Waals surface area contributed by atoms with E-state index < -0.39 is 23.1 Å². The van der Waals surface area contributed by atoms with Crippen LogP contribution in [-0.4, -0.2) is 44.2 Å². The summed E-state index contributed by atoms with van der Waals surface area (Å²) in [5.41, 5.74) is -0.830. The van der Waals surface area contributed by atoms with Gasteiger partial charge in [0.1, 0.15) is 13.1 Å². The smallest absolute Gasteiger partial charge is 0.332 e. The number of esters is 1. The molecule has 10 nitrogen and oxygen atoms in total. The average molecular weight is 388 g/mol. The minimum absolute atomic E-state index is 0.0576. The number of halogens is 1. The van der Waals surface area contributed by atoms with Gasteiger partial charge in [0, 0.05) is 14.1 Å². The third kappa shape index (κ3) is 3.04. The first-order valence-corrected chi connectivity index (χ1v) is 7.22. The van der Waals surface area contributed by atoms with E-state index in [2.05, 4.69) is 31.0 Å². The van der Waals surface area contributed by atoms with E-state index in [9.17, 15) is 19.2 Å². The molecule has 23 heavy (non-hydrogen) atoms. The van der Waals surface area contributed by atoms with Gasteiger partial charge in [0.25, 0.3) is 5.56 Å². The van der Waals surface area contributed by atoms with Crippen LogP contribution in [0.25, 0.3) is 11.2 Å². The Morgan fingerprint density at radius 2 is 1.91 bits per heavy atom. The minimum atomic E-state index is -0.589. The second-order valence-corrected chi connectivity index (χ2v) is 5.41. The lowest BCUT2D eigenvalue weighted by atomic mass is 10.5. The highest BCUT2D eigenvalue weighted by Crippen LogP contribution is 2.16. The van der Waals surface area contributed by atoms with Crippen LogP contribution in [0.4, 0.5) is 0 Å². The first-order valence-electron chi connectivity index (χ1n) is 6.43. The van der Waals surface area contributed by atoms with Crippen molar-refractivity contribution in [2.24, 2.45) is 14.1 Å². The Kier molecular flexibility index (Phi) is 4.68. The summed E-state index contributed by atoms with van der Waals surface area (Å²) in [5.74, 6) is -1.09. The molecule has 2 rings (SSSR count). The molecule has 0 radical (unpaired) electrons. The highest BCUT2D eigenvalue weighted by atomic mass is 79.9. The molecule has 0 spiro atoms. The molecule has 0 saturated heterocycles. The predicted molar refractivity (Wildman–Crippen MR) is 82.9 cm³/mol. The summed E-state index contributed by atoms with van der Waals surface area (Å²) in [7, 11) is 4.03. The Bertz CT molecular complexity index is 909. The normalized spacial score (nSPS) is 10.8. The Hall–Kier alpha value is -2.43. The predicted octanol–water partition coefficient (Wildman–Crippen LogP) is -1.51. The van der Waals surface area contributed by atoms with E-state index in [0.717, 1.165) is 4.57 Å². The van der Waals surface area contributed by atoms with E-state index in [0.29, 0.717) is 0 Å². The van der Waals surface area contributed by atoms with Crippen LogP contribution in [0.5, 0.6) is 0 Å². The maximum Gasteiger partial charge on any atom is 0.332 e. The Balaban J connectivity index is 2.44. The third-order valence-corrected chi connectivity index (χ3v) is 3.86. The zero-order chi connectivity index (χ0) is 17.3. The molecule has 0 bridgehead atoms. The van der Waals surface area contributed by atoms with Crippen LogP contribution < -0.4 is 16.6 Å². The van der Waals surface area contributed by atoms with Crippen molar-refractivity contribution in [1.29, 1.82) is 0 Å². The molecular formula is C12H14BrN5O5. The van der Waals surface area contributed by atoms with Crippen molar-refractivity contribution in [2.75, 3.05) is 13.7 Å². The van der Waals surface area contributed by atoms with E-state index in [1.165, 1.54) is 30.3 Å². The monoisotopic (exact) mass is 387 g/mol. The summed E-state index contributed by atoms with van der Waals surface area (Å²) in [6.45, 7) is -0.505. The van der Waals surface area contributed by atoms with Crippen molar-refractivity contribution >= 4 is 39.0 Å². The molecule has 0 aliphatic carbocycles. The molecule has 2 heterocycles. The lowest BCUT2D eigenvalue weighted by molar-refractivity contribution is -0.141. The van der Waals surface area contributed by atoms with Gasteiger partial charge in [-0.15, -0.1) is 0 Å². The van der Waals surface area contributed by atoms with Gasteiger partial charge in [0.2, 0.25) is 5.91 Å². The molecule has 124 valence electrons. The van der Waals surface area contributed by atoms with Crippen LogP contribution in [0.3, 0.4) is 0 Å². The summed E-state index contributed by atoms with van der Waals surface area (Å²) in [5, 5.41) is 2.37. The lowest BCUT2D eigenvalue weighted by Gasteiger charge is -2.09. The van der Waals surface area contributed by atoms with E-state index >= 15 is 0 Å². The number of nitrogens with zero attached hydrogens (tertiary/aromatic N) is 4. The van der Waals surface area contributed by atoms with Crippen molar-refractivity contribution in [3.8, 4) is 0 Å². The number of carbonyl (C=O) groups excluding carboxylic acids is 2. The number of amides is 1. The highest BCUT2D eigenvalue weighted by molar-refractivity contribution is 9.10. The molecule has 0 aliphatic heterocycles. The Morgan fingerprint density at radius 3 is 2.52 bits per heavy atom. The Morgan fingerprint density at radius 1 is 1.26 bits per heavy atom. The van der Waals surface area contributed by atoms with Gasteiger partial charge in [0.15, 0.2) is 15.9 Å². The molecule has 1 amide bonds. The fourth-order valence-corrected chi connectivity index (χ4v) is 2.52. The van der Waals surface area contributed by atoms with Gasteiger partial charge >= 0.3 is 11.7 Å². The summed E-state index contributed by atoms with van der Waals surface area (Å²) < 4.78 is 8.17. The number of imidazole rings is 1. The lowest BCUT2D eigenvalue weighted by Crippen LogP contribution is -2.38. The van der Waals surface area contributed by atoms with Crippen molar-refractivity contribution < 1.29 is 14.3 Å². The number of ether oxygens (including phenoxy) is 1. The molecule has 0 saturated carbocycles. The van der Waals surface area contributed by atoms with Crippen LogP contribution in [0, 0.1) is 0 Å². The van der Waals surface area contributed by atoms with Gasteiger partial charge in [-0.05, 0) is 15.9 Å². The largest absolute Gasteiger partial charge is 0.468 e. The number of fused-ring (bicyclic) bond motifs is 1. The topological polar surface area (TPSA) is 117 Å². The van der Waals surface area contributed by atoms with Crippen LogP contribution >= 0.6 is 15.9 Å². The average Bonchev–Trinajstić information content (AvgIpc) is 2.85. The maximum atomic E-state index is 12.1. The van der Waals surface area contributed by atoms with E-state index in [1.807, 2.05) is 0 Å². The second kappa shape index (κ2) is 6.36. The maximum absolute atomic E-state index is 12.1. The minimum Gasteiger partial charge on any atom is -0.468 e. The molecular weight excluding hydrogens is 374 g/mol. The van der Waals surface area contributed by atoms with Crippen LogP contribution in [-0.2, 0) is 35.0 Å². The van der Waals surface area contributed by atoms with Gasteiger partial charge in [-0.2, -0.15) is 0 Å². The number of hydrogen-bond donors (Lipinski definition) is 1. The molecule has 2 aromatic rings. The molecule has 1 N–H and O–H groups in total. The number of hydrogen-bond acceptors (Lipinski definition) is 6. The van der Waals surface area contributed by atoms with Crippen LogP contribution in [0.15, 0.2) is 14.3 Å². The van der Waals surface area contributed by atoms with Crippen molar-refractivity contribution in [3.05, 3.63) is 25.6 Å². The molecule has 0 unspecified atom stereocenters. The molecule has 2 aromatic heterocycles. The first kappa shape index (κ1) is 16.9. The van der Waals surface area contributed by atoms with Crippen molar-refractivity contribution in [2.45, 2.75) is 6.54 Å². The molecule has 11 heteroatoms. The number of aromatic nitrogens is 4. The summed E-state index contributed by atoms with van der Waals surface area (Å²) in [6, 6.07) is 0. The zero-order valence-electron chi connectivity index (χ0n) is 12.6. The molecule has 0 aliphatic rings. The second-order valence-electron chi connectivity index (χ2n) is 4.70. The van der Waals surface area contributed by atoms with Crippen molar-refractivity contribution in [3.63, 3.8) is 0 Å². The fraction of sp³-hybridized carbons (Fsp3) is 0.417. The fourth-order valence-electron chi connectivity index (χ4n) is 2.05. The number of methoxy groups -OCH3 is 1. The van der Waals surface area contributed by atoms with Crippen LogP contribution in [0.2, 0.25) is 0 Å². The van der Waals surface area contributed by atoms with Gasteiger partial charge in [-0.25, -0.2) is 9.78 Å². The summed E-state index contributed by atoms with van der Waals surface area (Å²) >= 11 is 3.17. The quantitative estimate of drug-likeness (QED) is 0.503. The summed E-state index contributed by atoms with van der Waals surface area (Å²) in [4.78, 5) is 51.1. The SMILES string of the molecule is COC(=O)CNC(=O)Cn1c(Br)nc2c(=O)n(C)c(=O)n(C)c21. The number of aryl methyl sites for hydroxylation is 1. The zero-order valence-corrected chi connectivity index (χ0v) is 14.2. The molecule has 0 aromatic carbocycles. The number of nitrogens with one attached hydrogen (secondary N) is 1. The van der Waals surface area contributed by atoms with Gasteiger partial charge in [0.05, 0.1) is 7.11 Å². The van der Waals surface area contributed by atoms with E-state index in [4.69, 9.17) is 0 Å². The van der Waals surface area contributed by atoms with Gasteiger partial charge in [-0.3, -0.25) is 28.1 Å². The van der Waals surface area contributed by atoms with Crippen molar-refractivity contribution in [1.82, 2.24) is 24.0 Å². The highest BCUT2D eigenvalue weighted by Gasteiger charge is 2.19. The van der Waals surface area contributed by atoms with Gasteiger partial charge in [-0.1, -0.05) is 0 Å². The number of rotatable bonds is 4. The molecule has 0 atom stereocenters. The number of carbonyl (C=O) groups is 2. The van der Waals surface area contributed by atoms with E-state index in [1.54, 1.807) is 0 Å². The van der Waals surface area contributed by atoms with Crippen LogP contribution in [0.1, 0.15) is 0 Å². The summed E-state index contributed by atoms with van der Waals surface area (Å²) in [6.07, 6.45) is 0. The van der Waals surface area contributed by atoms with E-state index in [-0.39, 0.29) is 29.0 Å². The Labute approximate surface area is 137 Å². The van der Waals surface area contributed by atoms with Gasteiger partial charge < -0.3 is 10.1 Å². The third-order valence-electron chi connectivity index (χ3n) is 3.25.